The monoisotopic (exact) mass is 223 g/mol. The smallest absolute Gasteiger partial charge is 0.000272 e. The minimum absolute atomic E-state index is 0.413. The zero-order valence-electron chi connectivity index (χ0n) is 12.0. The SMILES string of the molecule is CNCCCCC1(C(C)(C)C)CC(C)=C1C. The summed E-state index contributed by atoms with van der Waals surface area (Å²) in [4.78, 5) is 0. The van der Waals surface area contributed by atoms with Crippen molar-refractivity contribution in [3.63, 3.8) is 0 Å². The first kappa shape index (κ1) is 13.8. The minimum atomic E-state index is 0.413. The Morgan fingerprint density at radius 2 is 1.81 bits per heavy atom. The van der Waals surface area contributed by atoms with Crippen LogP contribution in [-0.2, 0) is 0 Å². The molecule has 0 saturated heterocycles. The van der Waals surface area contributed by atoms with E-state index >= 15 is 0 Å². The van der Waals surface area contributed by atoms with Gasteiger partial charge in [-0.05, 0) is 57.5 Å². The van der Waals surface area contributed by atoms with Crippen molar-refractivity contribution in [1.29, 1.82) is 0 Å². The predicted molar refractivity (Wildman–Crippen MR) is 72.7 cm³/mol. The largest absolute Gasteiger partial charge is 0.320 e. The van der Waals surface area contributed by atoms with E-state index in [1.165, 1.54) is 25.7 Å². The zero-order chi connectivity index (χ0) is 12.4. The first-order valence-electron chi connectivity index (χ1n) is 6.66. The van der Waals surface area contributed by atoms with E-state index in [9.17, 15) is 0 Å². The van der Waals surface area contributed by atoms with Crippen molar-refractivity contribution in [1.82, 2.24) is 5.32 Å². The third-order valence-electron chi connectivity index (χ3n) is 4.64. The highest BCUT2D eigenvalue weighted by atomic mass is 14.8. The third-order valence-corrected chi connectivity index (χ3v) is 4.64. The van der Waals surface area contributed by atoms with Gasteiger partial charge in [0.05, 0.1) is 0 Å². The van der Waals surface area contributed by atoms with Gasteiger partial charge < -0.3 is 5.32 Å². The van der Waals surface area contributed by atoms with E-state index in [-0.39, 0.29) is 0 Å². The molecule has 1 nitrogen and oxygen atoms in total. The molecule has 0 bridgehead atoms. The maximum absolute atomic E-state index is 3.24. The average Bonchev–Trinajstić information content (AvgIpc) is 2.20. The lowest BCUT2D eigenvalue weighted by Gasteiger charge is -2.54. The fraction of sp³-hybridized carbons (Fsp3) is 0.867. The van der Waals surface area contributed by atoms with E-state index < -0.39 is 0 Å². The molecule has 94 valence electrons. The lowest BCUT2D eigenvalue weighted by molar-refractivity contribution is 0.0861. The molecule has 1 aliphatic rings. The molecule has 0 aromatic rings. The van der Waals surface area contributed by atoms with E-state index in [0.29, 0.717) is 10.8 Å². The average molecular weight is 223 g/mol. The van der Waals surface area contributed by atoms with Gasteiger partial charge in [0, 0.05) is 0 Å². The second-order valence-corrected chi connectivity index (χ2v) is 6.47. The molecular formula is C15H29N. The van der Waals surface area contributed by atoms with Gasteiger partial charge in [-0.3, -0.25) is 0 Å². The van der Waals surface area contributed by atoms with Crippen molar-refractivity contribution in [2.24, 2.45) is 10.8 Å². The van der Waals surface area contributed by atoms with Gasteiger partial charge in [0.15, 0.2) is 0 Å². The fourth-order valence-electron chi connectivity index (χ4n) is 3.23. The summed E-state index contributed by atoms with van der Waals surface area (Å²) in [6.45, 7) is 13.0. The molecule has 0 spiro atoms. The summed E-state index contributed by atoms with van der Waals surface area (Å²) in [6, 6.07) is 0. The lowest BCUT2D eigenvalue weighted by atomic mass is 9.51. The highest BCUT2D eigenvalue weighted by Crippen LogP contribution is 2.59. The highest BCUT2D eigenvalue weighted by Gasteiger charge is 2.48. The summed E-state index contributed by atoms with van der Waals surface area (Å²) in [5.74, 6) is 0. The fourth-order valence-corrected chi connectivity index (χ4v) is 3.23. The highest BCUT2D eigenvalue weighted by molar-refractivity contribution is 5.34. The van der Waals surface area contributed by atoms with Crippen molar-refractivity contribution in [3.8, 4) is 0 Å². The molecular weight excluding hydrogens is 194 g/mol. The van der Waals surface area contributed by atoms with Gasteiger partial charge in [0.1, 0.15) is 0 Å². The Balaban J connectivity index is 2.63. The maximum atomic E-state index is 3.24. The van der Waals surface area contributed by atoms with Crippen molar-refractivity contribution in [2.75, 3.05) is 13.6 Å². The van der Waals surface area contributed by atoms with Gasteiger partial charge in [0.25, 0.3) is 0 Å². The van der Waals surface area contributed by atoms with E-state index in [4.69, 9.17) is 0 Å². The molecule has 0 aromatic carbocycles. The Morgan fingerprint density at radius 1 is 1.19 bits per heavy atom. The van der Waals surface area contributed by atoms with Gasteiger partial charge in [-0.25, -0.2) is 0 Å². The van der Waals surface area contributed by atoms with Gasteiger partial charge in [-0.15, -0.1) is 0 Å². The number of hydrogen-bond donors (Lipinski definition) is 1. The quantitative estimate of drug-likeness (QED) is 0.545. The molecule has 0 amide bonds. The minimum Gasteiger partial charge on any atom is -0.320 e. The summed E-state index contributed by atoms with van der Waals surface area (Å²) in [7, 11) is 2.04. The van der Waals surface area contributed by atoms with Gasteiger partial charge in [0.2, 0.25) is 0 Å². The first-order valence-corrected chi connectivity index (χ1v) is 6.66. The molecule has 0 heterocycles. The molecule has 0 saturated carbocycles. The van der Waals surface area contributed by atoms with E-state index in [0.717, 1.165) is 6.54 Å². The summed E-state index contributed by atoms with van der Waals surface area (Å²) in [5, 5.41) is 3.24. The van der Waals surface area contributed by atoms with Crippen LogP contribution < -0.4 is 5.32 Å². The van der Waals surface area contributed by atoms with Crippen molar-refractivity contribution >= 4 is 0 Å². The van der Waals surface area contributed by atoms with Crippen LogP contribution in [0.4, 0.5) is 0 Å². The molecule has 1 heteroatoms. The van der Waals surface area contributed by atoms with Crippen LogP contribution in [0.1, 0.15) is 60.3 Å². The van der Waals surface area contributed by atoms with Crippen LogP contribution in [0.5, 0.6) is 0 Å². The number of nitrogens with one attached hydrogen (secondary N) is 1. The number of allylic oxidation sites excluding steroid dienone is 2. The molecule has 1 N–H and O–H groups in total. The van der Waals surface area contributed by atoms with Crippen molar-refractivity contribution in [3.05, 3.63) is 11.1 Å². The van der Waals surface area contributed by atoms with Crippen LogP contribution in [0.15, 0.2) is 11.1 Å². The van der Waals surface area contributed by atoms with Crippen LogP contribution >= 0.6 is 0 Å². The Labute approximate surface area is 102 Å². The molecule has 0 aliphatic heterocycles. The summed E-state index contributed by atoms with van der Waals surface area (Å²) < 4.78 is 0. The summed E-state index contributed by atoms with van der Waals surface area (Å²) >= 11 is 0. The summed E-state index contributed by atoms with van der Waals surface area (Å²) in [5.41, 5.74) is 4.20. The number of hydrogen-bond acceptors (Lipinski definition) is 1. The standard InChI is InChI=1S/C15H29N/c1-12-11-15(13(12)2,14(3,4)5)9-7-8-10-16-6/h16H,7-11H2,1-6H3. The van der Waals surface area contributed by atoms with Gasteiger partial charge >= 0.3 is 0 Å². The number of rotatable bonds is 5. The van der Waals surface area contributed by atoms with E-state index in [1.54, 1.807) is 11.1 Å². The van der Waals surface area contributed by atoms with Crippen LogP contribution in [0.3, 0.4) is 0 Å². The maximum Gasteiger partial charge on any atom is -0.000272 e. The molecule has 1 aliphatic carbocycles. The molecule has 1 rings (SSSR count). The topological polar surface area (TPSA) is 12.0 Å². The van der Waals surface area contributed by atoms with Crippen LogP contribution in [0.25, 0.3) is 0 Å². The molecule has 1 atom stereocenters. The molecule has 0 fully saturated rings. The lowest BCUT2D eigenvalue weighted by Crippen LogP contribution is -2.43. The second kappa shape index (κ2) is 4.91. The van der Waals surface area contributed by atoms with Gasteiger partial charge in [-0.2, -0.15) is 0 Å². The van der Waals surface area contributed by atoms with Gasteiger partial charge in [-0.1, -0.05) is 38.3 Å². The van der Waals surface area contributed by atoms with E-state index in [2.05, 4.69) is 39.9 Å². The predicted octanol–water partition coefficient (Wildman–Crippen LogP) is 4.15. The number of unbranched alkanes of at least 4 members (excludes halogenated alkanes) is 1. The Bertz CT molecular complexity index is 270. The van der Waals surface area contributed by atoms with Crippen molar-refractivity contribution < 1.29 is 0 Å². The van der Waals surface area contributed by atoms with E-state index in [1.807, 2.05) is 7.05 Å². The van der Waals surface area contributed by atoms with Crippen LogP contribution in [-0.4, -0.2) is 13.6 Å². The third kappa shape index (κ3) is 2.34. The Morgan fingerprint density at radius 3 is 2.19 bits per heavy atom. The van der Waals surface area contributed by atoms with Crippen LogP contribution in [0.2, 0.25) is 0 Å². The Hall–Kier alpha value is -0.300. The molecule has 16 heavy (non-hydrogen) atoms. The zero-order valence-corrected chi connectivity index (χ0v) is 12.0. The second-order valence-electron chi connectivity index (χ2n) is 6.47. The molecule has 0 radical (unpaired) electrons. The molecule has 0 aromatic heterocycles. The van der Waals surface area contributed by atoms with Crippen LogP contribution in [0, 0.1) is 10.8 Å². The van der Waals surface area contributed by atoms with Crippen molar-refractivity contribution in [2.45, 2.75) is 60.3 Å². The molecule has 1 unspecified atom stereocenters. The normalized spacial score (nSPS) is 25.9. The first-order chi connectivity index (χ1) is 7.35. The Kier molecular flexibility index (Phi) is 4.23. The summed E-state index contributed by atoms with van der Waals surface area (Å²) in [6.07, 6.45) is 5.34.